The Hall–Kier alpha value is -1.66. The van der Waals surface area contributed by atoms with Gasteiger partial charge in [0.15, 0.2) is 0 Å². The lowest BCUT2D eigenvalue weighted by Gasteiger charge is -2.33. The number of hydrogen-bond acceptors (Lipinski definition) is 5. The molecule has 2 aliphatic rings. The first kappa shape index (κ1) is 16.2. The zero-order valence-electron chi connectivity index (χ0n) is 14.2. The minimum absolute atomic E-state index is 0.0585. The van der Waals surface area contributed by atoms with Crippen molar-refractivity contribution in [1.29, 1.82) is 0 Å². The number of piperazine rings is 1. The first-order valence-corrected chi connectivity index (χ1v) is 8.40. The van der Waals surface area contributed by atoms with Crippen molar-refractivity contribution in [2.45, 2.75) is 13.3 Å². The molecule has 3 rings (SSSR count). The molecule has 2 saturated heterocycles. The van der Waals surface area contributed by atoms with Crippen molar-refractivity contribution in [3.63, 3.8) is 0 Å². The molecule has 2 fully saturated rings. The summed E-state index contributed by atoms with van der Waals surface area (Å²) in [5.41, 5.74) is 6.63. The second kappa shape index (κ2) is 6.45. The highest BCUT2D eigenvalue weighted by Crippen LogP contribution is 2.29. The number of carbonyl (C=O) groups is 1. The SMILES string of the molecule is CN1CCN(c2cc(C(=O)N3CCC(C)(CN)C3)ccn2)CC1. The summed E-state index contributed by atoms with van der Waals surface area (Å²) in [5.74, 6) is 1.00. The van der Waals surface area contributed by atoms with E-state index in [0.29, 0.717) is 6.54 Å². The van der Waals surface area contributed by atoms with E-state index in [-0.39, 0.29) is 11.3 Å². The Balaban J connectivity index is 1.71. The summed E-state index contributed by atoms with van der Waals surface area (Å²) in [7, 11) is 2.13. The molecule has 2 aliphatic heterocycles. The van der Waals surface area contributed by atoms with E-state index in [0.717, 1.165) is 57.1 Å². The van der Waals surface area contributed by atoms with E-state index in [4.69, 9.17) is 5.73 Å². The fraction of sp³-hybridized carbons (Fsp3) is 0.647. The van der Waals surface area contributed by atoms with E-state index >= 15 is 0 Å². The van der Waals surface area contributed by atoms with Crippen LogP contribution in [0.15, 0.2) is 18.3 Å². The van der Waals surface area contributed by atoms with Crippen molar-refractivity contribution in [2.24, 2.45) is 11.1 Å². The summed E-state index contributed by atoms with van der Waals surface area (Å²) >= 11 is 0. The highest BCUT2D eigenvalue weighted by Gasteiger charge is 2.35. The van der Waals surface area contributed by atoms with Gasteiger partial charge in [-0.2, -0.15) is 0 Å². The van der Waals surface area contributed by atoms with E-state index in [9.17, 15) is 4.79 Å². The molecule has 2 N–H and O–H groups in total. The molecule has 0 radical (unpaired) electrons. The van der Waals surface area contributed by atoms with Gasteiger partial charge in [0.05, 0.1) is 0 Å². The number of likely N-dealkylation sites (tertiary alicyclic amines) is 1. The molecule has 6 heteroatoms. The van der Waals surface area contributed by atoms with Gasteiger partial charge in [0, 0.05) is 51.0 Å². The summed E-state index contributed by atoms with van der Waals surface area (Å²) in [6.07, 6.45) is 2.73. The molecule has 0 bridgehead atoms. The van der Waals surface area contributed by atoms with Gasteiger partial charge in [0.25, 0.3) is 5.91 Å². The van der Waals surface area contributed by atoms with E-state index in [1.165, 1.54) is 0 Å². The molecule has 126 valence electrons. The summed E-state index contributed by atoms with van der Waals surface area (Å²) < 4.78 is 0. The summed E-state index contributed by atoms with van der Waals surface area (Å²) in [6.45, 7) is 8.28. The number of nitrogens with zero attached hydrogens (tertiary/aromatic N) is 4. The lowest BCUT2D eigenvalue weighted by Crippen LogP contribution is -2.44. The maximum atomic E-state index is 12.8. The largest absolute Gasteiger partial charge is 0.354 e. The van der Waals surface area contributed by atoms with Crippen LogP contribution in [0.2, 0.25) is 0 Å². The molecule has 1 amide bonds. The molecular weight excluding hydrogens is 290 g/mol. The van der Waals surface area contributed by atoms with Crippen molar-refractivity contribution < 1.29 is 4.79 Å². The van der Waals surface area contributed by atoms with Crippen LogP contribution in [0.5, 0.6) is 0 Å². The second-order valence-electron chi connectivity index (χ2n) is 7.18. The molecule has 1 aromatic heterocycles. The zero-order chi connectivity index (χ0) is 16.4. The summed E-state index contributed by atoms with van der Waals surface area (Å²) in [4.78, 5) is 23.7. The van der Waals surface area contributed by atoms with Crippen LogP contribution in [0, 0.1) is 5.41 Å². The van der Waals surface area contributed by atoms with Crippen LogP contribution in [0.3, 0.4) is 0 Å². The fourth-order valence-electron chi connectivity index (χ4n) is 3.31. The van der Waals surface area contributed by atoms with Crippen LogP contribution in [0.4, 0.5) is 5.82 Å². The van der Waals surface area contributed by atoms with Gasteiger partial charge in [0.2, 0.25) is 0 Å². The predicted molar refractivity (Wildman–Crippen MR) is 91.6 cm³/mol. The van der Waals surface area contributed by atoms with E-state index in [1.54, 1.807) is 6.20 Å². The van der Waals surface area contributed by atoms with Gasteiger partial charge >= 0.3 is 0 Å². The highest BCUT2D eigenvalue weighted by molar-refractivity contribution is 5.95. The average molecular weight is 317 g/mol. The van der Waals surface area contributed by atoms with Gasteiger partial charge in [-0.15, -0.1) is 0 Å². The normalized spacial score (nSPS) is 25.9. The van der Waals surface area contributed by atoms with Crippen molar-refractivity contribution >= 4 is 11.7 Å². The minimum Gasteiger partial charge on any atom is -0.354 e. The highest BCUT2D eigenvalue weighted by atomic mass is 16.2. The maximum absolute atomic E-state index is 12.8. The van der Waals surface area contributed by atoms with Crippen LogP contribution in [-0.4, -0.2) is 73.6 Å². The number of hydrogen-bond donors (Lipinski definition) is 1. The number of anilines is 1. The maximum Gasteiger partial charge on any atom is 0.254 e. The van der Waals surface area contributed by atoms with E-state index < -0.39 is 0 Å². The number of carbonyl (C=O) groups excluding carboxylic acids is 1. The first-order valence-electron chi connectivity index (χ1n) is 8.40. The molecule has 1 unspecified atom stereocenters. The van der Waals surface area contributed by atoms with Crippen molar-refractivity contribution in [3.05, 3.63) is 23.9 Å². The number of pyridine rings is 1. The van der Waals surface area contributed by atoms with E-state index in [2.05, 4.69) is 28.8 Å². The smallest absolute Gasteiger partial charge is 0.254 e. The Labute approximate surface area is 138 Å². The lowest BCUT2D eigenvalue weighted by molar-refractivity contribution is 0.0777. The van der Waals surface area contributed by atoms with Crippen LogP contribution < -0.4 is 10.6 Å². The molecule has 0 aromatic carbocycles. The molecular formula is C17H27N5O. The molecule has 23 heavy (non-hydrogen) atoms. The number of aromatic nitrogens is 1. The predicted octanol–water partition coefficient (Wildman–Crippen LogP) is 0.644. The van der Waals surface area contributed by atoms with Crippen LogP contribution >= 0.6 is 0 Å². The fourth-order valence-corrected chi connectivity index (χ4v) is 3.31. The molecule has 1 atom stereocenters. The van der Waals surface area contributed by atoms with E-state index in [1.807, 2.05) is 17.0 Å². The number of rotatable bonds is 3. The molecule has 0 spiro atoms. The molecule has 6 nitrogen and oxygen atoms in total. The van der Waals surface area contributed by atoms with Gasteiger partial charge < -0.3 is 20.4 Å². The van der Waals surface area contributed by atoms with Gasteiger partial charge in [0.1, 0.15) is 5.82 Å². The third-order valence-corrected chi connectivity index (χ3v) is 5.16. The lowest BCUT2D eigenvalue weighted by atomic mass is 9.90. The van der Waals surface area contributed by atoms with Crippen LogP contribution in [0.1, 0.15) is 23.7 Å². The van der Waals surface area contributed by atoms with Crippen molar-refractivity contribution in [2.75, 3.05) is 57.8 Å². The number of likely N-dealkylation sites (N-methyl/N-ethyl adjacent to an activating group) is 1. The average Bonchev–Trinajstić information content (AvgIpc) is 2.98. The number of amides is 1. The Morgan fingerprint density at radius 1 is 1.30 bits per heavy atom. The van der Waals surface area contributed by atoms with Gasteiger partial charge in [-0.3, -0.25) is 4.79 Å². The Morgan fingerprint density at radius 3 is 2.70 bits per heavy atom. The zero-order valence-corrected chi connectivity index (χ0v) is 14.2. The minimum atomic E-state index is 0.0585. The summed E-state index contributed by atoms with van der Waals surface area (Å²) in [5, 5.41) is 0. The third-order valence-electron chi connectivity index (χ3n) is 5.16. The monoisotopic (exact) mass is 317 g/mol. The Morgan fingerprint density at radius 2 is 2.04 bits per heavy atom. The topological polar surface area (TPSA) is 65.7 Å². The molecule has 0 saturated carbocycles. The first-order chi connectivity index (χ1) is 11.0. The van der Waals surface area contributed by atoms with Gasteiger partial charge in [-0.05, 0) is 37.6 Å². The molecule has 0 aliphatic carbocycles. The van der Waals surface area contributed by atoms with Crippen LogP contribution in [0.25, 0.3) is 0 Å². The number of nitrogens with two attached hydrogens (primary N) is 1. The van der Waals surface area contributed by atoms with Gasteiger partial charge in [-0.1, -0.05) is 6.92 Å². The molecule has 3 heterocycles. The summed E-state index contributed by atoms with van der Waals surface area (Å²) in [6, 6.07) is 3.76. The second-order valence-corrected chi connectivity index (χ2v) is 7.18. The van der Waals surface area contributed by atoms with Crippen LogP contribution in [-0.2, 0) is 0 Å². The van der Waals surface area contributed by atoms with Crippen molar-refractivity contribution in [1.82, 2.24) is 14.8 Å². The van der Waals surface area contributed by atoms with Crippen molar-refractivity contribution in [3.8, 4) is 0 Å². The Kier molecular flexibility index (Phi) is 4.55. The van der Waals surface area contributed by atoms with Gasteiger partial charge in [-0.25, -0.2) is 4.98 Å². The quantitative estimate of drug-likeness (QED) is 0.886. The Bertz CT molecular complexity index is 570. The third kappa shape index (κ3) is 3.48. The standard InChI is InChI=1S/C17H27N5O/c1-17(12-18)4-6-22(13-17)16(23)14-3-5-19-15(11-14)21-9-7-20(2)8-10-21/h3,5,11H,4,6-10,12-13,18H2,1-2H3. The molecule has 1 aromatic rings.